The van der Waals surface area contributed by atoms with Gasteiger partial charge in [0.05, 0.1) is 57.8 Å². The number of carboxylic acid groups (broad SMARTS) is 1. The molecular weight excluding hydrogens is 974 g/mol. The second-order valence-electron chi connectivity index (χ2n) is 17.4. The van der Waals surface area contributed by atoms with Crippen molar-refractivity contribution in [2.75, 3.05) is 39.6 Å². The van der Waals surface area contributed by atoms with Gasteiger partial charge in [-0.25, -0.2) is 4.79 Å². The fourth-order valence-electron chi connectivity index (χ4n) is 8.44. The Kier molecular flexibility index (Phi) is 22.5. The molecule has 4 aliphatic rings. The first-order valence-electron chi connectivity index (χ1n) is 22.1. The lowest BCUT2D eigenvalue weighted by atomic mass is 9.88. The van der Waals surface area contributed by atoms with Crippen LogP contribution in [0.15, 0.2) is 0 Å². The predicted molar refractivity (Wildman–Crippen MR) is 221 cm³/mol. The molecule has 0 aromatic carbocycles. The van der Waals surface area contributed by atoms with Crippen LogP contribution in [0.3, 0.4) is 0 Å². The SMILES string of the molecule is CC(=O)N[C@H]1[C@H](OC[C@@H](O)[C@H](O)[C@H](O[C@@H]2O[C@H](CO)[C@H](O)[C@H](O[C@]3(C(=O)O)C[C@H](O)[C@@H](NC(C)=O)[C@H]([C@H](O)[C@H](O)CO)O3)[C@H]2O)[C@H](CO)NC(C)=O)O[C@H](CO)[C@@H](O)[C@@H]1O[C@@H]1O[C@H](CO)[C@H](O)[C@H](O)[C@H]1O. The minimum absolute atomic E-state index is 0.827. The molecule has 0 bridgehead atoms. The molecule has 0 aromatic rings. The molecule has 32 heteroatoms. The van der Waals surface area contributed by atoms with E-state index in [1.807, 2.05) is 0 Å². The van der Waals surface area contributed by atoms with E-state index < -0.39 is 222 Å². The minimum Gasteiger partial charge on any atom is -0.477 e. The maximum absolute atomic E-state index is 13.0. The van der Waals surface area contributed by atoms with E-state index in [1.54, 1.807) is 0 Å². The average Bonchev–Trinajstić information content (AvgIpc) is 3.32. The molecule has 0 saturated carbocycles. The number of nitrogens with one attached hydrogen (secondary N) is 3. The molecular formula is C39H67N3O29. The van der Waals surface area contributed by atoms with Gasteiger partial charge in [0.2, 0.25) is 17.7 Å². The highest BCUT2D eigenvalue weighted by Crippen LogP contribution is 2.38. The van der Waals surface area contributed by atoms with Crippen LogP contribution in [0.2, 0.25) is 0 Å². The number of carbonyl (C=O) groups is 4. The van der Waals surface area contributed by atoms with Gasteiger partial charge in [-0.15, -0.1) is 0 Å². The Morgan fingerprint density at radius 2 is 1.17 bits per heavy atom. The molecule has 4 heterocycles. The Bertz CT molecular complexity index is 1720. The topological polar surface area (TPSA) is 522 Å². The maximum Gasteiger partial charge on any atom is 0.364 e. The lowest BCUT2D eigenvalue weighted by molar-refractivity contribution is -0.376. The van der Waals surface area contributed by atoms with Gasteiger partial charge in [0.25, 0.3) is 5.79 Å². The normalized spacial score (nSPS) is 40.3. The van der Waals surface area contributed by atoms with Crippen molar-refractivity contribution < 1.29 is 144 Å². The Morgan fingerprint density at radius 1 is 0.634 bits per heavy atom. The summed E-state index contributed by atoms with van der Waals surface area (Å²) in [5.41, 5.74) is 0. The van der Waals surface area contributed by atoms with Crippen LogP contribution in [0.1, 0.15) is 27.2 Å². The van der Waals surface area contributed by atoms with Gasteiger partial charge in [0, 0.05) is 27.2 Å². The molecule has 4 rings (SSSR count). The molecule has 0 unspecified atom stereocenters. The van der Waals surface area contributed by atoms with E-state index >= 15 is 0 Å². The van der Waals surface area contributed by atoms with Crippen LogP contribution in [-0.4, -0.2) is 303 Å². The monoisotopic (exact) mass is 1040 g/mol. The smallest absolute Gasteiger partial charge is 0.364 e. The molecule has 20 N–H and O–H groups in total. The minimum atomic E-state index is -3.21. The molecule has 32 nitrogen and oxygen atoms in total. The predicted octanol–water partition coefficient (Wildman–Crippen LogP) is -12.7. The molecule has 412 valence electrons. The van der Waals surface area contributed by atoms with Crippen molar-refractivity contribution in [3.63, 3.8) is 0 Å². The number of carbonyl (C=O) groups excluding carboxylic acids is 3. The zero-order chi connectivity index (χ0) is 53.4. The molecule has 0 aliphatic carbocycles. The number of hydrogen-bond donors (Lipinski definition) is 20. The summed E-state index contributed by atoms with van der Waals surface area (Å²) in [6, 6.07) is -5.09. The van der Waals surface area contributed by atoms with Crippen LogP contribution in [-0.2, 0) is 57.1 Å². The van der Waals surface area contributed by atoms with E-state index in [2.05, 4.69) is 16.0 Å². The van der Waals surface area contributed by atoms with E-state index in [4.69, 9.17) is 37.9 Å². The van der Waals surface area contributed by atoms with Crippen molar-refractivity contribution in [1.29, 1.82) is 0 Å². The van der Waals surface area contributed by atoms with E-state index in [0.29, 0.717) is 0 Å². The van der Waals surface area contributed by atoms with Gasteiger partial charge in [-0.2, -0.15) is 0 Å². The molecule has 4 aliphatic heterocycles. The summed E-state index contributed by atoms with van der Waals surface area (Å²) in [6.45, 7) is -3.38. The lowest BCUT2D eigenvalue weighted by Crippen LogP contribution is -2.70. The molecule has 0 spiro atoms. The Morgan fingerprint density at radius 3 is 1.69 bits per heavy atom. The number of amides is 3. The fourth-order valence-corrected chi connectivity index (χ4v) is 8.44. The summed E-state index contributed by atoms with van der Waals surface area (Å²) < 4.78 is 45.0. The van der Waals surface area contributed by atoms with Gasteiger partial charge in [0.1, 0.15) is 110 Å². The van der Waals surface area contributed by atoms with Gasteiger partial charge in [0.15, 0.2) is 18.9 Å². The average molecular weight is 1040 g/mol. The van der Waals surface area contributed by atoms with Crippen molar-refractivity contribution >= 4 is 23.7 Å². The summed E-state index contributed by atoms with van der Waals surface area (Å²) in [6.07, 6.45) is -43.9. The first kappa shape index (κ1) is 60.5. The standard InChI is InChI=1S/C39H67N3O29/c1-11(48)40-14(5-43)31(24(55)17(53)10-64-35-22(42-13(3)50)32(26(57)19(8-46)65-35)69-36-29(60)28(59)25(56)18(7-45)66-36)68-37-30(61)34(27(58)20(9-47)67-37)71-39(38(62)63)4-15(51)21(41-12(2)49)33(70-39)23(54)16(52)6-44/h14-37,43-47,51-61H,4-10H2,1-3H3,(H,40,48)(H,41,49)(H,42,50)(H,62,63)/t14-,15-,16+,17+,18+,19+,20+,21+,22+,23+,24-,25-,26+,27-,28-,29+,30+,31+,32+,33+,34-,35+,36-,37-,39-/m0/s1. The summed E-state index contributed by atoms with van der Waals surface area (Å²) in [5, 5.41) is 187. The Balaban J connectivity index is 1.64. The molecule has 0 radical (unpaired) electrons. The molecule has 4 fully saturated rings. The summed E-state index contributed by atoms with van der Waals surface area (Å²) in [7, 11) is 0. The van der Waals surface area contributed by atoms with E-state index in [-0.39, 0.29) is 0 Å². The van der Waals surface area contributed by atoms with E-state index in [0.717, 1.165) is 20.8 Å². The number of ether oxygens (including phenoxy) is 8. The highest BCUT2D eigenvalue weighted by Gasteiger charge is 2.60. The van der Waals surface area contributed by atoms with Gasteiger partial charge in [-0.1, -0.05) is 0 Å². The third-order valence-corrected chi connectivity index (χ3v) is 12.1. The van der Waals surface area contributed by atoms with Gasteiger partial charge < -0.3 is 141 Å². The fraction of sp³-hybridized carbons (Fsp3) is 0.897. The van der Waals surface area contributed by atoms with Crippen molar-refractivity contribution in [2.45, 2.75) is 180 Å². The van der Waals surface area contributed by atoms with Crippen LogP contribution in [0.5, 0.6) is 0 Å². The Hall–Kier alpha value is -3.08. The quantitative estimate of drug-likeness (QED) is 0.0452. The van der Waals surface area contributed by atoms with Crippen LogP contribution >= 0.6 is 0 Å². The second kappa shape index (κ2) is 26.4. The lowest BCUT2D eigenvalue weighted by Gasteiger charge is -2.50. The first-order chi connectivity index (χ1) is 33.3. The number of hydrogen-bond acceptors (Lipinski definition) is 28. The number of rotatable bonds is 23. The summed E-state index contributed by atoms with van der Waals surface area (Å²) >= 11 is 0. The van der Waals surface area contributed by atoms with Crippen LogP contribution in [0.25, 0.3) is 0 Å². The number of aliphatic hydroxyl groups is 16. The molecule has 0 aromatic heterocycles. The molecule has 25 atom stereocenters. The number of aliphatic hydroxyl groups excluding tert-OH is 16. The third-order valence-electron chi connectivity index (χ3n) is 12.1. The zero-order valence-corrected chi connectivity index (χ0v) is 38.3. The van der Waals surface area contributed by atoms with Crippen molar-refractivity contribution in [3.05, 3.63) is 0 Å². The van der Waals surface area contributed by atoms with Crippen LogP contribution in [0, 0.1) is 0 Å². The first-order valence-corrected chi connectivity index (χ1v) is 22.1. The van der Waals surface area contributed by atoms with Crippen LogP contribution in [0.4, 0.5) is 0 Å². The number of aliphatic carboxylic acids is 1. The summed E-state index contributed by atoms with van der Waals surface area (Å²) in [4.78, 5) is 49.7. The van der Waals surface area contributed by atoms with E-state index in [9.17, 15) is 106 Å². The molecule has 4 saturated heterocycles. The van der Waals surface area contributed by atoms with E-state index in [1.165, 1.54) is 0 Å². The van der Waals surface area contributed by atoms with Gasteiger partial charge >= 0.3 is 5.97 Å². The third kappa shape index (κ3) is 14.2. The van der Waals surface area contributed by atoms with Gasteiger partial charge in [-0.3, -0.25) is 14.4 Å². The van der Waals surface area contributed by atoms with Gasteiger partial charge in [-0.05, 0) is 0 Å². The highest BCUT2D eigenvalue weighted by molar-refractivity contribution is 5.77. The number of carboxylic acids is 1. The second-order valence-corrected chi connectivity index (χ2v) is 17.4. The highest BCUT2D eigenvalue weighted by atomic mass is 16.8. The summed E-state index contributed by atoms with van der Waals surface area (Å²) in [5.74, 6) is -7.83. The molecule has 3 amide bonds. The molecule has 71 heavy (non-hydrogen) atoms. The van der Waals surface area contributed by atoms with Crippen molar-refractivity contribution in [3.8, 4) is 0 Å². The maximum atomic E-state index is 13.0. The van der Waals surface area contributed by atoms with Crippen LogP contribution < -0.4 is 16.0 Å². The zero-order valence-electron chi connectivity index (χ0n) is 38.3. The van der Waals surface area contributed by atoms with Crippen molar-refractivity contribution in [1.82, 2.24) is 16.0 Å². The Labute approximate surface area is 402 Å². The van der Waals surface area contributed by atoms with Crippen molar-refractivity contribution in [2.24, 2.45) is 0 Å². The largest absolute Gasteiger partial charge is 0.477 e.